The Labute approximate surface area is 321 Å². The zero-order valence-corrected chi connectivity index (χ0v) is 30.2. The average Bonchev–Trinajstić information content (AvgIpc) is 3.94. The van der Waals surface area contributed by atoms with E-state index in [0.29, 0.717) is 0 Å². The SMILES string of the molecule is c1ccc(N(c2ccc3oc4ccccc4c3c2)c2ccccc2-n2c3ccccc3c3ccccc32)c(-c2cccc3oc4c5ccccc5ccc4c23)c1. The Morgan fingerprint density at radius 1 is 0.375 bits per heavy atom. The summed E-state index contributed by atoms with van der Waals surface area (Å²) in [6.45, 7) is 0. The van der Waals surface area contributed by atoms with Gasteiger partial charge in [0.1, 0.15) is 22.3 Å². The highest BCUT2D eigenvalue weighted by molar-refractivity contribution is 6.20. The van der Waals surface area contributed by atoms with Crippen molar-refractivity contribution in [3.63, 3.8) is 0 Å². The normalized spacial score (nSPS) is 11.9. The summed E-state index contributed by atoms with van der Waals surface area (Å²) < 4.78 is 15.5. The largest absolute Gasteiger partial charge is 0.456 e. The molecule has 0 spiro atoms. The molecule has 0 amide bonds. The van der Waals surface area contributed by atoms with E-state index in [1.165, 1.54) is 10.8 Å². The van der Waals surface area contributed by atoms with Crippen LogP contribution in [0.5, 0.6) is 0 Å². The van der Waals surface area contributed by atoms with Crippen LogP contribution in [0.1, 0.15) is 0 Å². The predicted octanol–water partition coefficient (Wildman–Crippen LogP) is 14.9. The lowest BCUT2D eigenvalue weighted by Gasteiger charge is -2.30. The third-order valence-electron chi connectivity index (χ3n) is 11.4. The predicted molar refractivity (Wildman–Crippen MR) is 233 cm³/mol. The molecular formula is C52H32N2O2. The molecule has 0 saturated heterocycles. The lowest BCUT2D eigenvalue weighted by atomic mass is 9.96. The Bertz CT molecular complexity index is 3460. The molecule has 262 valence electrons. The lowest BCUT2D eigenvalue weighted by Crippen LogP contribution is -2.14. The van der Waals surface area contributed by atoms with Crippen LogP contribution in [-0.4, -0.2) is 4.57 Å². The fraction of sp³-hybridized carbons (Fsp3) is 0. The molecule has 0 atom stereocenters. The van der Waals surface area contributed by atoms with E-state index in [9.17, 15) is 0 Å². The van der Waals surface area contributed by atoms with Crippen LogP contribution in [0.15, 0.2) is 203 Å². The number of rotatable bonds is 5. The third-order valence-corrected chi connectivity index (χ3v) is 11.4. The van der Waals surface area contributed by atoms with Crippen LogP contribution in [0.4, 0.5) is 17.1 Å². The minimum Gasteiger partial charge on any atom is -0.456 e. The molecule has 4 nitrogen and oxygen atoms in total. The zero-order chi connectivity index (χ0) is 36.7. The first-order chi connectivity index (χ1) is 27.8. The van der Waals surface area contributed by atoms with Crippen LogP contribution < -0.4 is 4.90 Å². The van der Waals surface area contributed by atoms with Gasteiger partial charge in [-0.25, -0.2) is 0 Å². The van der Waals surface area contributed by atoms with Gasteiger partial charge in [-0.05, 0) is 77.7 Å². The molecule has 0 aliphatic heterocycles. The number of para-hydroxylation sites is 6. The van der Waals surface area contributed by atoms with Crippen molar-refractivity contribution in [2.75, 3.05) is 4.90 Å². The number of furan rings is 2. The van der Waals surface area contributed by atoms with Gasteiger partial charge in [0.05, 0.1) is 28.1 Å². The molecule has 9 aromatic carbocycles. The van der Waals surface area contributed by atoms with Gasteiger partial charge in [-0.1, -0.05) is 127 Å². The summed E-state index contributed by atoms with van der Waals surface area (Å²) in [6, 6.07) is 69.1. The van der Waals surface area contributed by atoms with E-state index in [1.807, 2.05) is 12.1 Å². The number of anilines is 3. The van der Waals surface area contributed by atoms with Gasteiger partial charge in [0, 0.05) is 49.0 Å². The molecular weight excluding hydrogens is 685 g/mol. The second-order valence-electron chi connectivity index (χ2n) is 14.4. The highest BCUT2D eigenvalue weighted by Crippen LogP contribution is 2.48. The highest BCUT2D eigenvalue weighted by atomic mass is 16.3. The van der Waals surface area contributed by atoms with Gasteiger partial charge in [0.15, 0.2) is 0 Å². The van der Waals surface area contributed by atoms with Gasteiger partial charge in [0.25, 0.3) is 0 Å². The van der Waals surface area contributed by atoms with E-state index in [2.05, 4.69) is 191 Å². The Balaban J connectivity index is 1.17. The van der Waals surface area contributed by atoms with Crippen molar-refractivity contribution in [1.29, 1.82) is 0 Å². The van der Waals surface area contributed by atoms with E-state index >= 15 is 0 Å². The zero-order valence-electron chi connectivity index (χ0n) is 30.2. The van der Waals surface area contributed by atoms with Crippen LogP contribution in [0.25, 0.3) is 93.3 Å². The number of fused-ring (bicyclic) bond motifs is 11. The van der Waals surface area contributed by atoms with Crippen molar-refractivity contribution in [2.45, 2.75) is 0 Å². The van der Waals surface area contributed by atoms with E-state index in [4.69, 9.17) is 8.83 Å². The van der Waals surface area contributed by atoms with Crippen molar-refractivity contribution >= 4 is 93.5 Å². The number of nitrogens with zero attached hydrogens (tertiary/aromatic N) is 2. The Morgan fingerprint density at radius 2 is 1.00 bits per heavy atom. The molecule has 0 unspecified atom stereocenters. The van der Waals surface area contributed by atoms with E-state index in [-0.39, 0.29) is 0 Å². The summed E-state index contributed by atoms with van der Waals surface area (Å²) >= 11 is 0. The molecule has 0 aliphatic carbocycles. The molecule has 4 heteroatoms. The highest BCUT2D eigenvalue weighted by Gasteiger charge is 2.25. The molecule has 12 aromatic rings. The Kier molecular flexibility index (Phi) is 6.60. The third kappa shape index (κ3) is 4.47. The molecule has 0 radical (unpaired) electrons. The van der Waals surface area contributed by atoms with Crippen molar-refractivity contribution < 1.29 is 8.83 Å². The van der Waals surface area contributed by atoms with Crippen molar-refractivity contribution in [3.8, 4) is 16.8 Å². The minimum atomic E-state index is 0.862. The van der Waals surface area contributed by atoms with Crippen LogP contribution in [-0.2, 0) is 0 Å². The van der Waals surface area contributed by atoms with Crippen LogP contribution in [0.2, 0.25) is 0 Å². The summed E-state index contributed by atoms with van der Waals surface area (Å²) in [5, 5.41) is 9.10. The number of benzene rings is 9. The Morgan fingerprint density at radius 3 is 1.84 bits per heavy atom. The van der Waals surface area contributed by atoms with Crippen LogP contribution in [0.3, 0.4) is 0 Å². The quantitative estimate of drug-likeness (QED) is 0.178. The van der Waals surface area contributed by atoms with E-state index in [0.717, 1.165) is 99.6 Å². The van der Waals surface area contributed by atoms with Gasteiger partial charge < -0.3 is 18.3 Å². The summed E-state index contributed by atoms with van der Waals surface area (Å²) in [7, 11) is 0. The lowest BCUT2D eigenvalue weighted by molar-refractivity contribution is 0.669. The van der Waals surface area contributed by atoms with Crippen molar-refractivity contribution in [2.24, 2.45) is 0 Å². The average molecular weight is 717 g/mol. The topological polar surface area (TPSA) is 34.5 Å². The second kappa shape index (κ2) is 12.0. The van der Waals surface area contributed by atoms with Crippen molar-refractivity contribution in [1.82, 2.24) is 4.57 Å². The fourth-order valence-corrected chi connectivity index (χ4v) is 8.96. The standard InChI is InChI=1S/C52H32N2O2/c1-2-15-35-33(14-1)28-30-41-51-40(20-13-27-50(51)56-52(35)41)38-18-5-7-21-43(38)53(34-29-31-49-42(32-34)39-19-6-12-26-48(39)55-49)46-24-10-11-25-47(46)54-44-22-8-3-16-36(44)37-17-4-9-23-45(37)54/h1-32H. The molecule has 56 heavy (non-hydrogen) atoms. The van der Waals surface area contributed by atoms with Gasteiger partial charge in [-0.2, -0.15) is 0 Å². The molecule has 0 saturated carbocycles. The van der Waals surface area contributed by atoms with Gasteiger partial charge >= 0.3 is 0 Å². The minimum absolute atomic E-state index is 0.862. The van der Waals surface area contributed by atoms with Crippen LogP contribution >= 0.6 is 0 Å². The van der Waals surface area contributed by atoms with Gasteiger partial charge in [-0.3, -0.25) is 0 Å². The number of hydrogen-bond acceptors (Lipinski definition) is 3. The molecule has 0 aliphatic rings. The Hall–Kier alpha value is -7.56. The molecule has 3 aromatic heterocycles. The van der Waals surface area contributed by atoms with E-state index < -0.39 is 0 Å². The summed E-state index contributed by atoms with van der Waals surface area (Å²) in [4.78, 5) is 2.42. The van der Waals surface area contributed by atoms with Crippen molar-refractivity contribution in [3.05, 3.63) is 194 Å². The maximum atomic E-state index is 6.70. The maximum Gasteiger partial charge on any atom is 0.143 e. The molecule has 12 rings (SSSR count). The second-order valence-corrected chi connectivity index (χ2v) is 14.4. The van der Waals surface area contributed by atoms with E-state index in [1.54, 1.807) is 0 Å². The van der Waals surface area contributed by atoms with Gasteiger partial charge in [-0.15, -0.1) is 0 Å². The fourth-order valence-electron chi connectivity index (χ4n) is 8.96. The smallest absolute Gasteiger partial charge is 0.143 e. The van der Waals surface area contributed by atoms with Crippen LogP contribution in [0, 0.1) is 0 Å². The summed E-state index contributed by atoms with van der Waals surface area (Å²) in [6.07, 6.45) is 0. The summed E-state index contributed by atoms with van der Waals surface area (Å²) in [5.41, 5.74) is 12.3. The maximum absolute atomic E-state index is 6.70. The first-order valence-electron chi connectivity index (χ1n) is 19.0. The molecule has 0 N–H and O–H groups in total. The molecule has 3 heterocycles. The summed E-state index contributed by atoms with van der Waals surface area (Å²) in [5.74, 6) is 0. The molecule has 0 fully saturated rings. The number of aromatic nitrogens is 1. The monoisotopic (exact) mass is 716 g/mol. The first kappa shape index (κ1) is 30.9. The first-order valence-corrected chi connectivity index (χ1v) is 19.0. The van der Waals surface area contributed by atoms with Gasteiger partial charge in [0.2, 0.25) is 0 Å². The number of hydrogen-bond donors (Lipinski definition) is 0. The molecule has 0 bridgehead atoms.